The molecule has 0 aliphatic carbocycles. The molecule has 2 nitrogen and oxygen atoms in total. The second kappa shape index (κ2) is 8.02. The van der Waals surface area contributed by atoms with Crippen LogP contribution >= 0.6 is 0 Å². The Morgan fingerprint density at radius 2 is 1.94 bits per heavy atom. The molecule has 0 N–H and O–H groups in total. The maximum Gasteiger partial charge on any atom is 0.161 e. The molecule has 0 heterocycles. The van der Waals surface area contributed by atoms with Gasteiger partial charge < -0.3 is 4.74 Å². The second-order valence-corrected chi connectivity index (χ2v) is 4.18. The van der Waals surface area contributed by atoms with Gasteiger partial charge in [-0.05, 0) is 25.3 Å². The van der Waals surface area contributed by atoms with Crippen molar-refractivity contribution in [2.24, 2.45) is 0 Å². The molecule has 1 aromatic rings. The summed E-state index contributed by atoms with van der Waals surface area (Å²) >= 11 is 0. The molecule has 0 spiro atoms. The fourth-order valence-electron chi connectivity index (χ4n) is 1.87. The predicted octanol–water partition coefficient (Wildman–Crippen LogP) is 3.39. The molecule has 0 fully saturated rings. The summed E-state index contributed by atoms with van der Waals surface area (Å²) in [6, 6.07) is 10.1. The van der Waals surface area contributed by atoms with Crippen molar-refractivity contribution >= 4 is 5.78 Å². The number of rotatable bonds is 8. The number of ketones is 1. The van der Waals surface area contributed by atoms with E-state index in [-0.39, 0.29) is 11.9 Å². The lowest BCUT2D eigenvalue weighted by atomic mass is 10.0. The van der Waals surface area contributed by atoms with Gasteiger partial charge in [0.25, 0.3) is 0 Å². The van der Waals surface area contributed by atoms with E-state index in [1.54, 1.807) is 0 Å². The van der Waals surface area contributed by atoms with Crippen LogP contribution in [-0.2, 0) is 16.0 Å². The maximum absolute atomic E-state index is 12.0. The summed E-state index contributed by atoms with van der Waals surface area (Å²) in [5.74, 6) is 0.234. The average molecular weight is 234 g/mol. The number of aryl methyl sites for hydroxylation is 1. The van der Waals surface area contributed by atoms with Gasteiger partial charge in [-0.15, -0.1) is 0 Å². The maximum atomic E-state index is 12.0. The molecule has 0 bridgehead atoms. The van der Waals surface area contributed by atoms with E-state index in [1.807, 2.05) is 25.1 Å². The average Bonchev–Trinajstić information content (AvgIpc) is 2.37. The molecular weight excluding hydrogens is 212 g/mol. The summed E-state index contributed by atoms with van der Waals surface area (Å²) in [5, 5.41) is 0. The van der Waals surface area contributed by atoms with Gasteiger partial charge in [-0.3, -0.25) is 4.79 Å². The van der Waals surface area contributed by atoms with Gasteiger partial charge in [0.2, 0.25) is 0 Å². The van der Waals surface area contributed by atoms with Gasteiger partial charge in [0, 0.05) is 13.0 Å². The van der Waals surface area contributed by atoms with Crippen LogP contribution in [0.1, 0.15) is 38.7 Å². The Kier molecular flexibility index (Phi) is 6.56. The Hall–Kier alpha value is -1.15. The van der Waals surface area contributed by atoms with Gasteiger partial charge in [-0.1, -0.05) is 43.7 Å². The van der Waals surface area contributed by atoms with Crippen LogP contribution in [-0.4, -0.2) is 18.5 Å². The Balaban J connectivity index is 2.41. The Bertz CT molecular complexity index is 313. The van der Waals surface area contributed by atoms with Crippen LogP contribution in [0.15, 0.2) is 30.3 Å². The fourth-order valence-corrected chi connectivity index (χ4v) is 1.87. The number of ether oxygens (including phenoxy) is 1. The molecule has 0 amide bonds. The van der Waals surface area contributed by atoms with Crippen molar-refractivity contribution in [3.8, 4) is 0 Å². The van der Waals surface area contributed by atoms with Crippen LogP contribution in [0.3, 0.4) is 0 Å². The summed E-state index contributed by atoms with van der Waals surface area (Å²) in [7, 11) is 0. The lowest BCUT2D eigenvalue weighted by Crippen LogP contribution is -2.24. The molecule has 0 saturated carbocycles. The molecule has 0 saturated heterocycles. The minimum Gasteiger partial charge on any atom is -0.371 e. The van der Waals surface area contributed by atoms with Gasteiger partial charge in [-0.25, -0.2) is 0 Å². The van der Waals surface area contributed by atoms with Gasteiger partial charge in [0.1, 0.15) is 6.10 Å². The fraction of sp³-hybridized carbons (Fsp3) is 0.533. The molecule has 1 atom stereocenters. The molecule has 0 aromatic heterocycles. The molecule has 17 heavy (non-hydrogen) atoms. The van der Waals surface area contributed by atoms with E-state index in [0.717, 1.165) is 19.3 Å². The zero-order valence-corrected chi connectivity index (χ0v) is 10.8. The van der Waals surface area contributed by atoms with Gasteiger partial charge in [0.05, 0.1) is 0 Å². The van der Waals surface area contributed by atoms with Gasteiger partial charge in [0.15, 0.2) is 5.78 Å². The zero-order chi connectivity index (χ0) is 12.5. The van der Waals surface area contributed by atoms with Crippen LogP contribution in [0.5, 0.6) is 0 Å². The molecule has 2 heteroatoms. The van der Waals surface area contributed by atoms with Crippen molar-refractivity contribution in [2.75, 3.05) is 6.61 Å². The summed E-state index contributed by atoms with van der Waals surface area (Å²) < 4.78 is 5.48. The third-order valence-electron chi connectivity index (χ3n) is 2.78. The first kappa shape index (κ1) is 13.9. The highest BCUT2D eigenvalue weighted by molar-refractivity contribution is 5.83. The van der Waals surface area contributed by atoms with E-state index in [9.17, 15) is 4.79 Å². The van der Waals surface area contributed by atoms with Crippen LogP contribution in [0, 0.1) is 0 Å². The number of Topliss-reactive ketones (excluding diaryl/α,β-unsaturated/α-hetero) is 1. The highest BCUT2D eigenvalue weighted by atomic mass is 16.5. The summed E-state index contributed by atoms with van der Waals surface area (Å²) in [6.45, 7) is 4.63. The lowest BCUT2D eigenvalue weighted by molar-refractivity contribution is -0.130. The van der Waals surface area contributed by atoms with Crippen LogP contribution in [0.2, 0.25) is 0 Å². The van der Waals surface area contributed by atoms with Crippen molar-refractivity contribution in [1.82, 2.24) is 0 Å². The predicted molar refractivity (Wildman–Crippen MR) is 70.1 cm³/mol. The topological polar surface area (TPSA) is 26.3 Å². The Morgan fingerprint density at radius 1 is 1.24 bits per heavy atom. The van der Waals surface area contributed by atoms with Crippen LogP contribution in [0.4, 0.5) is 0 Å². The second-order valence-electron chi connectivity index (χ2n) is 4.18. The summed E-state index contributed by atoms with van der Waals surface area (Å²) in [5.41, 5.74) is 1.22. The van der Waals surface area contributed by atoms with Gasteiger partial charge in [-0.2, -0.15) is 0 Å². The van der Waals surface area contributed by atoms with E-state index in [1.165, 1.54) is 5.56 Å². The van der Waals surface area contributed by atoms with E-state index in [2.05, 4.69) is 19.1 Å². The van der Waals surface area contributed by atoms with E-state index in [4.69, 9.17) is 4.74 Å². The number of benzene rings is 1. The standard InChI is InChI=1S/C15H22O2/c1-3-8-15(17-4-2)14(16)12-11-13-9-6-5-7-10-13/h5-7,9-10,15H,3-4,8,11-12H2,1-2H3. The highest BCUT2D eigenvalue weighted by Crippen LogP contribution is 2.09. The van der Waals surface area contributed by atoms with Crippen molar-refractivity contribution in [2.45, 2.75) is 45.6 Å². The smallest absolute Gasteiger partial charge is 0.161 e. The minimum absolute atomic E-state index is 0.200. The molecule has 0 aliphatic rings. The molecule has 1 rings (SSSR count). The first-order valence-corrected chi connectivity index (χ1v) is 6.46. The quantitative estimate of drug-likeness (QED) is 0.689. The van der Waals surface area contributed by atoms with E-state index < -0.39 is 0 Å². The number of carbonyl (C=O) groups excluding carboxylic acids is 1. The molecule has 1 aromatic carbocycles. The SMILES string of the molecule is CCCC(OCC)C(=O)CCc1ccccc1. The third kappa shape index (κ3) is 5.14. The first-order chi connectivity index (χ1) is 8.27. The number of hydrogen-bond acceptors (Lipinski definition) is 2. The van der Waals surface area contributed by atoms with Crippen LogP contribution in [0.25, 0.3) is 0 Å². The molecule has 0 radical (unpaired) electrons. The van der Waals surface area contributed by atoms with Gasteiger partial charge >= 0.3 is 0 Å². The molecule has 94 valence electrons. The summed E-state index contributed by atoms with van der Waals surface area (Å²) in [6.07, 6.45) is 3.01. The largest absolute Gasteiger partial charge is 0.371 e. The Morgan fingerprint density at radius 3 is 2.53 bits per heavy atom. The first-order valence-electron chi connectivity index (χ1n) is 6.46. The molecule has 0 aliphatic heterocycles. The van der Waals surface area contributed by atoms with Crippen molar-refractivity contribution in [1.29, 1.82) is 0 Å². The molecular formula is C15H22O2. The van der Waals surface area contributed by atoms with Crippen molar-refractivity contribution < 1.29 is 9.53 Å². The zero-order valence-electron chi connectivity index (χ0n) is 10.8. The number of hydrogen-bond donors (Lipinski definition) is 0. The third-order valence-corrected chi connectivity index (χ3v) is 2.78. The Labute approximate surface area is 104 Å². The van der Waals surface area contributed by atoms with Crippen molar-refractivity contribution in [3.05, 3.63) is 35.9 Å². The van der Waals surface area contributed by atoms with E-state index >= 15 is 0 Å². The van der Waals surface area contributed by atoms with Crippen LogP contribution < -0.4 is 0 Å². The van der Waals surface area contributed by atoms with Crippen molar-refractivity contribution in [3.63, 3.8) is 0 Å². The number of carbonyl (C=O) groups is 1. The monoisotopic (exact) mass is 234 g/mol. The summed E-state index contributed by atoms with van der Waals surface area (Å²) in [4.78, 5) is 12.0. The lowest BCUT2D eigenvalue weighted by Gasteiger charge is -2.14. The normalized spacial score (nSPS) is 12.4. The minimum atomic E-state index is -0.200. The highest BCUT2D eigenvalue weighted by Gasteiger charge is 2.16. The van der Waals surface area contributed by atoms with E-state index in [0.29, 0.717) is 13.0 Å². The molecule has 1 unspecified atom stereocenters.